The van der Waals surface area contributed by atoms with Crippen molar-refractivity contribution in [1.82, 2.24) is 4.57 Å². The fourth-order valence-corrected chi connectivity index (χ4v) is 3.80. The maximum atomic E-state index is 12.6. The molecule has 3 aromatic rings. The zero-order valence-corrected chi connectivity index (χ0v) is 15.8. The van der Waals surface area contributed by atoms with Gasteiger partial charge in [0.2, 0.25) is 0 Å². The van der Waals surface area contributed by atoms with Crippen LogP contribution in [0.5, 0.6) is 0 Å². The van der Waals surface area contributed by atoms with Crippen LogP contribution in [0.25, 0.3) is 10.9 Å². The summed E-state index contributed by atoms with van der Waals surface area (Å²) in [6.45, 7) is 1.32. The van der Waals surface area contributed by atoms with Crippen LogP contribution in [0.4, 0.5) is 5.69 Å². The van der Waals surface area contributed by atoms with Gasteiger partial charge in [0.25, 0.3) is 10.0 Å². The minimum absolute atomic E-state index is 0.0629. The van der Waals surface area contributed by atoms with Crippen LogP contribution in [0, 0.1) is 0 Å². The number of esters is 1. The number of carbonyl (C=O) groups excluding carboxylic acids is 1. The Morgan fingerprint density at radius 2 is 1.81 bits per heavy atom. The highest BCUT2D eigenvalue weighted by Crippen LogP contribution is 2.23. The molecule has 1 N–H and O–H groups in total. The summed E-state index contributed by atoms with van der Waals surface area (Å²) < 4.78 is 39.5. The van der Waals surface area contributed by atoms with E-state index in [1.807, 2.05) is 22.9 Å². The zero-order chi connectivity index (χ0) is 19.4. The Morgan fingerprint density at radius 1 is 1.07 bits per heavy atom. The van der Waals surface area contributed by atoms with Crippen molar-refractivity contribution in [3.63, 3.8) is 0 Å². The molecule has 2 aromatic carbocycles. The lowest BCUT2D eigenvalue weighted by Crippen LogP contribution is -2.13. The van der Waals surface area contributed by atoms with E-state index in [9.17, 15) is 13.2 Å². The summed E-state index contributed by atoms with van der Waals surface area (Å²) in [5.41, 5.74) is 1.75. The van der Waals surface area contributed by atoms with Crippen molar-refractivity contribution < 1.29 is 22.7 Å². The molecule has 0 saturated heterocycles. The topological polar surface area (TPSA) is 86.6 Å². The third kappa shape index (κ3) is 4.12. The molecule has 7 nitrogen and oxygen atoms in total. The van der Waals surface area contributed by atoms with Crippen molar-refractivity contribution in [2.75, 3.05) is 25.5 Å². The number of benzene rings is 2. The van der Waals surface area contributed by atoms with Gasteiger partial charge in [-0.05, 0) is 48.5 Å². The Labute approximate surface area is 157 Å². The number of nitrogens with zero attached hydrogens (tertiary/aromatic N) is 1. The molecule has 8 heteroatoms. The fraction of sp³-hybridized carbons (Fsp3) is 0.211. The molecular weight excluding hydrogens is 368 g/mol. The first kappa shape index (κ1) is 18.9. The number of anilines is 1. The lowest BCUT2D eigenvalue weighted by atomic mass is 10.2. The highest BCUT2D eigenvalue weighted by atomic mass is 32.2. The Hall–Kier alpha value is -2.84. The third-order valence-corrected chi connectivity index (χ3v) is 5.54. The van der Waals surface area contributed by atoms with E-state index in [1.54, 1.807) is 19.2 Å². The SMILES string of the molecule is COCCn1ccc2cc(NS(=O)(=O)c3ccc(C(=O)OC)cc3)ccc21. The molecule has 0 fully saturated rings. The molecule has 0 unspecified atom stereocenters. The monoisotopic (exact) mass is 388 g/mol. The van der Waals surface area contributed by atoms with Gasteiger partial charge in [0.05, 0.1) is 24.2 Å². The largest absolute Gasteiger partial charge is 0.465 e. The second-order valence-electron chi connectivity index (χ2n) is 5.90. The van der Waals surface area contributed by atoms with Gasteiger partial charge in [0.15, 0.2) is 0 Å². The molecule has 0 atom stereocenters. The van der Waals surface area contributed by atoms with Crippen LogP contribution in [-0.4, -0.2) is 39.8 Å². The van der Waals surface area contributed by atoms with Gasteiger partial charge in [-0.3, -0.25) is 4.72 Å². The van der Waals surface area contributed by atoms with Crippen molar-refractivity contribution >= 4 is 32.6 Å². The van der Waals surface area contributed by atoms with Gasteiger partial charge < -0.3 is 14.0 Å². The standard InChI is InChI=1S/C19H20N2O5S/c1-25-12-11-21-10-9-15-13-16(5-8-18(15)21)20-27(23,24)17-6-3-14(4-7-17)19(22)26-2/h3-10,13,20H,11-12H2,1-2H3. The average Bonchev–Trinajstić information content (AvgIpc) is 3.07. The summed E-state index contributed by atoms with van der Waals surface area (Å²) in [5, 5.41) is 0.923. The van der Waals surface area contributed by atoms with Crippen LogP contribution in [0.3, 0.4) is 0 Å². The molecule has 0 aliphatic heterocycles. The van der Waals surface area contributed by atoms with Crippen LogP contribution < -0.4 is 4.72 Å². The Balaban J connectivity index is 1.82. The van der Waals surface area contributed by atoms with Gasteiger partial charge in [-0.2, -0.15) is 0 Å². The zero-order valence-electron chi connectivity index (χ0n) is 15.0. The molecule has 1 aromatic heterocycles. The van der Waals surface area contributed by atoms with Crippen LogP contribution >= 0.6 is 0 Å². The molecule has 142 valence electrons. The van der Waals surface area contributed by atoms with E-state index in [1.165, 1.54) is 31.4 Å². The number of hydrogen-bond acceptors (Lipinski definition) is 5. The average molecular weight is 388 g/mol. The molecule has 0 spiro atoms. The maximum Gasteiger partial charge on any atom is 0.337 e. The maximum absolute atomic E-state index is 12.6. The van der Waals surface area contributed by atoms with E-state index >= 15 is 0 Å². The number of fused-ring (bicyclic) bond motifs is 1. The first-order chi connectivity index (χ1) is 12.9. The summed E-state index contributed by atoms with van der Waals surface area (Å²) in [6.07, 6.45) is 1.94. The minimum Gasteiger partial charge on any atom is -0.465 e. The van der Waals surface area contributed by atoms with Gasteiger partial charge in [-0.1, -0.05) is 0 Å². The number of nitrogens with one attached hydrogen (secondary N) is 1. The molecular formula is C19H20N2O5S. The van der Waals surface area contributed by atoms with Gasteiger partial charge in [0, 0.05) is 36.4 Å². The normalized spacial score (nSPS) is 11.5. The van der Waals surface area contributed by atoms with Crippen LogP contribution in [0.15, 0.2) is 59.6 Å². The van der Waals surface area contributed by atoms with Gasteiger partial charge >= 0.3 is 5.97 Å². The van der Waals surface area contributed by atoms with Crippen molar-refractivity contribution in [1.29, 1.82) is 0 Å². The first-order valence-electron chi connectivity index (χ1n) is 8.23. The quantitative estimate of drug-likeness (QED) is 0.629. The molecule has 0 bridgehead atoms. The number of methoxy groups -OCH3 is 2. The second-order valence-corrected chi connectivity index (χ2v) is 7.58. The van der Waals surface area contributed by atoms with Crippen molar-refractivity contribution in [3.8, 4) is 0 Å². The predicted octanol–water partition coefficient (Wildman–Crippen LogP) is 2.88. The van der Waals surface area contributed by atoms with Gasteiger partial charge in [-0.15, -0.1) is 0 Å². The molecule has 1 heterocycles. The third-order valence-electron chi connectivity index (χ3n) is 4.15. The molecule has 0 saturated carbocycles. The van der Waals surface area contributed by atoms with E-state index in [0.717, 1.165) is 17.4 Å². The summed E-state index contributed by atoms with van der Waals surface area (Å²) >= 11 is 0. The van der Waals surface area contributed by atoms with Crippen LogP contribution in [0.1, 0.15) is 10.4 Å². The fourth-order valence-electron chi connectivity index (χ4n) is 2.75. The molecule has 3 rings (SSSR count). The number of hydrogen-bond donors (Lipinski definition) is 1. The highest BCUT2D eigenvalue weighted by Gasteiger charge is 2.16. The molecule has 0 amide bonds. The predicted molar refractivity (Wildman–Crippen MR) is 102 cm³/mol. The Morgan fingerprint density at radius 3 is 2.48 bits per heavy atom. The summed E-state index contributed by atoms with van der Waals surface area (Å²) in [5.74, 6) is -0.518. The second kappa shape index (κ2) is 7.81. The number of ether oxygens (including phenoxy) is 2. The van der Waals surface area contributed by atoms with E-state index in [4.69, 9.17) is 4.74 Å². The van der Waals surface area contributed by atoms with Gasteiger partial charge in [-0.25, -0.2) is 13.2 Å². The van der Waals surface area contributed by atoms with Crippen molar-refractivity contribution in [2.24, 2.45) is 0 Å². The van der Waals surface area contributed by atoms with Crippen molar-refractivity contribution in [3.05, 3.63) is 60.3 Å². The summed E-state index contributed by atoms with van der Waals surface area (Å²) in [4.78, 5) is 11.5. The minimum atomic E-state index is -3.77. The van der Waals surface area contributed by atoms with Crippen LogP contribution in [0.2, 0.25) is 0 Å². The van der Waals surface area contributed by atoms with Gasteiger partial charge in [0.1, 0.15) is 0 Å². The lowest BCUT2D eigenvalue weighted by molar-refractivity contribution is 0.0600. The highest BCUT2D eigenvalue weighted by molar-refractivity contribution is 7.92. The molecule has 0 radical (unpaired) electrons. The lowest BCUT2D eigenvalue weighted by Gasteiger charge is -2.10. The summed E-state index contributed by atoms with van der Waals surface area (Å²) in [6, 6.07) is 12.9. The number of aromatic nitrogens is 1. The smallest absolute Gasteiger partial charge is 0.337 e. The number of sulfonamides is 1. The Bertz CT molecular complexity index is 1060. The number of carbonyl (C=O) groups is 1. The van der Waals surface area contributed by atoms with Crippen LogP contribution in [-0.2, 0) is 26.0 Å². The summed E-state index contributed by atoms with van der Waals surface area (Å²) in [7, 11) is -0.847. The Kier molecular flexibility index (Phi) is 5.48. The van der Waals surface area contributed by atoms with E-state index in [0.29, 0.717) is 12.3 Å². The first-order valence-corrected chi connectivity index (χ1v) is 9.72. The molecule has 0 aliphatic carbocycles. The molecule has 0 aliphatic rings. The van der Waals surface area contributed by atoms with E-state index in [2.05, 4.69) is 9.46 Å². The van der Waals surface area contributed by atoms with E-state index in [-0.39, 0.29) is 10.5 Å². The molecule has 27 heavy (non-hydrogen) atoms. The number of rotatable bonds is 7. The van der Waals surface area contributed by atoms with Crippen molar-refractivity contribution in [2.45, 2.75) is 11.4 Å². The van der Waals surface area contributed by atoms with E-state index < -0.39 is 16.0 Å².